The van der Waals surface area contributed by atoms with Gasteiger partial charge in [-0.15, -0.1) is 0 Å². The lowest BCUT2D eigenvalue weighted by molar-refractivity contribution is 0.521. The third-order valence-corrected chi connectivity index (χ3v) is 7.55. The Hall–Kier alpha value is -2.42. The van der Waals surface area contributed by atoms with E-state index in [0.717, 1.165) is 33.8 Å². The Morgan fingerprint density at radius 3 is 2.55 bits per heavy atom. The molecule has 150 valence electrons. The lowest BCUT2D eigenvalue weighted by Gasteiger charge is -2.11. The molecular formula is C21H22N4O2S2. The average molecular weight is 427 g/mol. The SMILES string of the molecule is CCn1c(CSc2ccc3ccccc3n2)nc2cc(S(=O)(=O)N(C)C)ccc21. The molecular weight excluding hydrogens is 404 g/mol. The second-order valence-electron chi connectivity index (χ2n) is 6.84. The summed E-state index contributed by atoms with van der Waals surface area (Å²) in [5.41, 5.74) is 2.60. The lowest BCUT2D eigenvalue weighted by Crippen LogP contribution is -2.22. The quantitative estimate of drug-likeness (QED) is 0.433. The number of hydrogen-bond acceptors (Lipinski definition) is 5. The van der Waals surface area contributed by atoms with Gasteiger partial charge in [-0.1, -0.05) is 36.0 Å². The van der Waals surface area contributed by atoms with E-state index >= 15 is 0 Å². The molecule has 8 heteroatoms. The van der Waals surface area contributed by atoms with Gasteiger partial charge in [0.1, 0.15) is 5.82 Å². The third-order valence-electron chi connectivity index (χ3n) is 4.82. The van der Waals surface area contributed by atoms with Crippen molar-refractivity contribution >= 4 is 43.7 Å². The molecule has 2 aromatic carbocycles. The molecule has 0 bridgehead atoms. The summed E-state index contributed by atoms with van der Waals surface area (Å²) in [6.45, 7) is 2.82. The van der Waals surface area contributed by atoms with Crippen molar-refractivity contribution in [2.45, 2.75) is 29.1 Å². The monoisotopic (exact) mass is 426 g/mol. The van der Waals surface area contributed by atoms with Gasteiger partial charge in [0.15, 0.2) is 0 Å². The molecule has 0 aliphatic carbocycles. The molecule has 0 amide bonds. The number of pyridine rings is 1. The maximum absolute atomic E-state index is 12.4. The summed E-state index contributed by atoms with van der Waals surface area (Å²) < 4.78 is 28.2. The van der Waals surface area contributed by atoms with Gasteiger partial charge in [-0.2, -0.15) is 0 Å². The van der Waals surface area contributed by atoms with E-state index in [0.29, 0.717) is 11.3 Å². The van der Waals surface area contributed by atoms with Crippen molar-refractivity contribution < 1.29 is 8.42 Å². The summed E-state index contributed by atoms with van der Waals surface area (Å²) in [6, 6.07) is 17.3. The summed E-state index contributed by atoms with van der Waals surface area (Å²) >= 11 is 1.63. The Morgan fingerprint density at radius 2 is 1.79 bits per heavy atom. The van der Waals surface area contributed by atoms with E-state index in [1.54, 1.807) is 23.9 Å². The minimum atomic E-state index is -3.49. The number of fused-ring (bicyclic) bond motifs is 2. The number of hydrogen-bond donors (Lipinski definition) is 0. The molecule has 0 radical (unpaired) electrons. The minimum Gasteiger partial charge on any atom is -0.328 e. The Labute approximate surface area is 174 Å². The van der Waals surface area contributed by atoms with E-state index in [1.165, 1.54) is 18.4 Å². The van der Waals surface area contributed by atoms with Crippen molar-refractivity contribution in [3.05, 3.63) is 60.4 Å². The standard InChI is InChI=1S/C21H22N4O2S2/c1-4-25-19-11-10-16(29(26,27)24(2)3)13-18(19)22-20(25)14-28-21-12-9-15-7-5-6-8-17(15)23-21/h5-13H,4,14H2,1-3H3. The second kappa shape index (κ2) is 7.78. The first-order valence-corrected chi connectivity index (χ1v) is 11.7. The Bertz CT molecular complexity index is 1300. The number of aryl methyl sites for hydroxylation is 1. The van der Waals surface area contributed by atoms with Crippen molar-refractivity contribution in [2.24, 2.45) is 0 Å². The van der Waals surface area contributed by atoms with E-state index < -0.39 is 10.0 Å². The van der Waals surface area contributed by atoms with Gasteiger partial charge in [-0.05, 0) is 37.3 Å². The van der Waals surface area contributed by atoms with Crippen LogP contribution in [0.5, 0.6) is 0 Å². The molecule has 0 atom stereocenters. The number of aromatic nitrogens is 3. The summed E-state index contributed by atoms with van der Waals surface area (Å²) in [7, 11) is -0.425. The molecule has 2 heterocycles. The van der Waals surface area contributed by atoms with E-state index in [4.69, 9.17) is 9.97 Å². The summed E-state index contributed by atoms with van der Waals surface area (Å²) in [5.74, 6) is 1.56. The minimum absolute atomic E-state index is 0.256. The molecule has 0 N–H and O–H groups in total. The zero-order chi connectivity index (χ0) is 20.6. The van der Waals surface area contributed by atoms with Crippen molar-refractivity contribution in [2.75, 3.05) is 14.1 Å². The molecule has 0 fully saturated rings. The molecule has 6 nitrogen and oxygen atoms in total. The summed E-state index contributed by atoms with van der Waals surface area (Å²) in [4.78, 5) is 9.69. The van der Waals surface area contributed by atoms with Crippen molar-refractivity contribution in [1.82, 2.24) is 18.8 Å². The highest BCUT2D eigenvalue weighted by molar-refractivity contribution is 7.98. The first-order chi connectivity index (χ1) is 13.9. The number of benzene rings is 2. The van der Waals surface area contributed by atoms with Gasteiger partial charge in [0.25, 0.3) is 0 Å². The van der Waals surface area contributed by atoms with Crippen molar-refractivity contribution in [3.8, 4) is 0 Å². The molecule has 0 saturated heterocycles. The van der Waals surface area contributed by atoms with Crippen LogP contribution < -0.4 is 0 Å². The van der Waals surface area contributed by atoms with Crippen LogP contribution in [0.4, 0.5) is 0 Å². The molecule has 0 aliphatic rings. The average Bonchev–Trinajstić information content (AvgIpc) is 3.08. The molecule has 4 rings (SSSR count). The predicted molar refractivity (Wildman–Crippen MR) is 118 cm³/mol. The van der Waals surface area contributed by atoms with E-state index in [2.05, 4.69) is 17.6 Å². The predicted octanol–water partition coefficient (Wildman–Crippen LogP) is 4.15. The summed E-state index contributed by atoms with van der Waals surface area (Å²) in [6.07, 6.45) is 0. The Morgan fingerprint density at radius 1 is 1.00 bits per heavy atom. The number of rotatable bonds is 6. The van der Waals surface area contributed by atoms with E-state index in [9.17, 15) is 8.42 Å². The molecule has 0 unspecified atom stereocenters. The van der Waals surface area contributed by atoms with Crippen LogP contribution in [0, 0.1) is 0 Å². The molecule has 29 heavy (non-hydrogen) atoms. The number of sulfonamides is 1. The van der Waals surface area contributed by atoms with Gasteiger partial charge in [0.05, 0.1) is 32.2 Å². The Kier molecular flexibility index (Phi) is 5.33. The highest BCUT2D eigenvalue weighted by Crippen LogP contribution is 2.27. The van der Waals surface area contributed by atoms with Gasteiger partial charge >= 0.3 is 0 Å². The smallest absolute Gasteiger partial charge is 0.242 e. The molecule has 0 saturated carbocycles. The topological polar surface area (TPSA) is 68.1 Å². The second-order valence-corrected chi connectivity index (χ2v) is 9.99. The first kappa shape index (κ1) is 19.9. The first-order valence-electron chi connectivity index (χ1n) is 9.30. The number of para-hydroxylation sites is 1. The maximum atomic E-state index is 12.4. The Balaban J connectivity index is 1.65. The van der Waals surface area contributed by atoms with Gasteiger partial charge in [-0.3, -0.25) is 0 Å². The van der Waals surface area contributed by atoms with Gasteiger partial charge in [0.2, 0.25) is 10.0 Å². The van der Waals surface area contributed by atoms with Crippen LogP contribution in [0.3, 0.4) is 0 Å². The normalized spacial score (nSPS) is 12.3. The van der Waals surface area contributed by atoms with E-state index in [1.807, 2.05) is 36.4 Å². The van der Waals surface area contributed by atoms with Crippen LogP contribution in [-0.4, -0.2) is 41.4 Å². The fourth-order valence-corrected chi connectivity index (χ4v) is 5.01. The molecule has 0 spiro atoms. The number of thioether (sulfide) groups is 1. The molecule has 2 aromatic heterocycles. The van der Waals surface area contributed by atoms with Crippen LogP contribution in [-0.2, 0) is 22.3 Å². The van der Waals surface area contributed by atoms with Crippen LogP contribution in [0.25, 0.3) is 21.9 Å². The van der Waals surface area contributed by atoms with Crippen molar-refractivity contribution in [1.29, 1.82) is 0 Å². The van der Waals surface area contributed by atoms with Crippen LogP contribution in [0.15, 0.2) is 64.5 Å². The fraction of sp³-hybridized carbons (Fsp3) is 0.238. The van der Waals surface area contributed by atoms with Gasteiger partial charge < -0.3 is 4.57 Å². The van der Waals surface area contributed by atoms with Crippen LogP contribution in [0.1, 0.15) is 12.7 Å². The zero-order valence-electron chi connectivity index (χ0n) is 16.5. The van der Waals surface area contributed by atoms with Crippen LogP contribution >= 0.6 is 11.8 Å². The molecule has 0 aliphatic heterocycles. The largest absolute Gasteiger partial charge is 0.328 e. The summed E-state index contributed by atoms with van der Waals surface area (Å²) in [5, 5.41) is 2.06. The number of imidazole rings is 1. The number of nitrogens with zero attached hydrogens (tertiary/aromatic N) is 4. The van der Waals surface area contributed by atoms with E-state index in [-0.39, 0.29) is 4.90 Å². The third kappa shape index (κ3) is 3.75. The van der Waals surface area contributed by atoms with Gasteiger partial charge in [-0.25, -0.2) is 22.7 Å². The molecule has 4 aromatic rings. The highest BCUT2D eigenvalue weighted by Gasteiger charge is 2.19. The van der Waals surface area contributed by atoms with Gasteiger partial charge in [0, 0.05) is 26.0 Å². The van der Waals surface area contributed by atoms with Crippen LogP contribution in [0.2, 0.25) is 0 Å². The van der Waals surface area contributed by atoms with Crippen molar-refractivity contribution in [3.63, 3.8) is 0 Å². The zero-order valence-corrected chi connectivity index (χ0v) is 18.2. The fourth-order valence-electron chi connectivity index (χ4n) is 3.26. The maximum Gasteiger partial charge on any atom is 0.242 e. The highest BCUT2D eigenvalue weighted by atomic mass is 32.2. The lowest BCUT2D eigenvalue weighted by atomic mass is 10.2.